The molecule has 0 spiro atoms. The van der Waals surface area contributed by atoms with E-state index in [1.807, 2.05) is 30.0 Å². The van der Waals surface area contributed by atoms with Crippen molar-refractivity contribution in [2.45, 2.75) is 13.5 Å². The lowest BCUT2D eigenvalue weighted by Crippen LogP contribution is -2.19. The van der Waals surface area contributed by atoms with E-state index in [2.05, 4.69) is 0 Å². The third kappa shape index (κ3) is 2.88. The SMILES string of the molecule is CCN(c1ccccc1F)c1ccc(Cl)cc1CN. The van der Waals surface area contributed by atoms with Gasteiger partial charge in [0, 0.05) is 23.8 Å². The van der Waals surface area contributed by atoms with E-state index in [0.29, 0.717) is 23.8 Å². The summed E-state index contributed by atoms with van der Waals surface area (Å²) >= 11 is 5.97. The first-order valence-corrected chi connectivity index (χ1v) is 6.55. The summed E-state index contributed by atoms with van der Waals surface area (Å²) in [5.74, 6) is -0.248. The van der Waals surface area contributed by atoms with Gasteiger partial charge in [-0.2, -0.15) is 0 Å². The van der Waals surface area contributed by atoms with Gasteiger partial charge in [0.15, 0.2) is 0 Å². The predicted molar refractivity (Wildman–Crippen MR) is 78.4 cm³/mol. The average molecular weight is 279 g/mol. The van der Waals surface area contributed by atoms with E-state index >= 15 is 0 Å². The summed E-state index contributed by atoms with van der Waals surface area (Å²) in [4.78, 5) is 1.90. The number of nitrogens with two attached hydrogens (primary N) is 1. The zero-order valence-corrected chi connectivity index (χ0v) is 11.5. The maximum atomic E-state index is 13.9. The summed E-state index contributed by atoms with van der Waals surface area (Å²) in [6.07, 6.45) is 0. The van der Waals surface area contributed by atoms with Gasteiger partial charge in [-0.05, 0) is 42.8 Å². The van der Waals surface area contributed by atoms with Crippen LogP contribution in [0.25, 0.3) is 0 Å². The number of benzene rings is 2. The molecule has 2 N–H and O–H groups in total. The zero-order chi connectivity index (χ0) is 13.8. The van der Waals surface area contributed by atoms with Crippen LogP contribution in [0.2, 0.25) is 5.02 Å². The van der Waals surface area contributed by atoms with E-state index in [1.165, 1.54) is 6.07 Å². The lowest BCUT2D eigenvalue weighted by Gasteiger charge is -2.26. The van der Waals surface area contributed by atoms with Crippen LogP contribution in [0, 0.1) is 5.82 Å². The number of halogens is 2. The van der Waals surface area contributed by atoms with Crippen molar-refractivity contribution in [3.8, 4) is 0 Å². The molecule has 100 valence electrons. The highest BCUT2D eigenvalue weighted by atomic mass is 35.5. The molecule has 2 aromatic rings. The fraction of sp³-hybridized carbons (Fsp3) is 0.200. The highest BCUT2D eigenvalue weighted by Gasteiger charge is 2.14. The van der Waals surface area contributed by atoms with E-state index < -0.39 is 0 Å². The van der Waals surface area contributed by atoms with Crippen LogP contribution in [0.3, 0.4) is 0 Å². The van der Waals surface area contributed by atoms with Gasteiger partial charge in [0.05, 0.1) is 5.69 Å². The van der Waals surface area contributed by atoms with Gasteiger partial charge in [0.2, 0.25) is 0 Å². The van der Waals surface area contributed by atoms with Crippen molar-refractivity contribution in [2.24, 2.45) is 5.73 Å². The first-order valence-electron chi connectivity index (χ1n) is 6.18. The third-order valence-corrected chi connectivity index (χ3v) is 3.25. The number of anilines is 2. The van der Waals surface area contributed by atoms with Crippen molar-refractivity contribution in [1.82, 2.24) is 0 Å². The molecular weight excluding hydrogens is 263 g/mol. The molecule has 0 radical (unpaired) electrons. The first kappa shape index (κ1) is 13.8. The lowest BCUT2D eigenvalue weighted by atomic mass is 10.1. The molecule has 0 aromatic heterocycles. The molecule has 0 fully saturated rings. The van der Waals surface area contributed by atoms with E-state index in [-0.39, 0.29) is 5.82 Å². The van der Waals surface area contributed by atoms with Gasteiger partial charge in [-0.1, -0.05) is 23.7 Å². The Labute approximate surface area is 117 Å². The van der Waals surface area contributed by atoms with Gasteiger partial charge >= 0.3 is 0 Å². The Morgan fingerprint density at radius 2 is 1.89 bits per heavy atom. The van der Waals surface area contributed by atoms with Crippen LogP contribution < -0.4 is 10.6 Å². The Hall–Kier alpha value is -1.58. The third-order valence-electron chi connectivity index (χ3n) is 3.01. The summed E-state index contributed by atoms with van der Waals surface area (Å²) in [7, 11) is 0. The molecule has 0 bridgehead atoms. The molecule has 0 aliphatic rings. The van der Waals surface area contributed by atoms with Crippen molar-refractivity contribution in [3.05, 3.63) is 58.9 Å². The minimum absolute atomic E-state index is 0.248. The number of hydrogen-bond acceptors (Lipinski definition) is 2. The Morgan fingerprint density at radius 1 is 1.16 bits per heavy atom. The summed E-state index contributed by atoms with van der Waals surface area (Å²) in [5.41, 5.74) is 8.08. The standard InChI is InChI=1S/C15H16ClFN2/c1-2-19(15-6-4-3-5-13(15)17)14-8-7-12(16)9-11(14)10-18/h3-9H,2,10,18H2,1H3. The number of rotatable bonds is 4. The highest BCUT2D eigenvalue weighted by molar-refractivity contribution is 6.30. The Morgan fingerprint density at radius 3 is 2.53 bits per heavy atom. The van der Waals surface area contributed by atoms with Gasteiger partial charge in [-0.15, -0.1) is 0 Å². The summed E-state index contributed by atoms with van der Waals surface area (Å²) in [6, 6.07) is 12.2. The molecule has 0 unspecified atom stereocenters. The second kappa shape index (κ2) is 6.04. The smallest absolute Gasteiger partial charge is 0.146 e. The van der Waals surface area contributed by atoms with Crippen molar-refractivity contribution in [2.75, 3.05) is 11.4 Å². The monoisotopic (exact) mass is 278 g/mol. The van der Waals surface area contributed by atoms with Gasteiger partial charge in [-0.3, -0.25) is 0 Å². The molecule has 0 aliphatic heterocycles. The molecular formula is C15H16ClFN2. The molecule has 2 aromatic carbocycles. The van der Waals surface area contributed by atoms with Crippen LogP contribution in [0.5, 0.6) is 0 Å². The number of hydrogen-bond donors (Lipinski definition) is 1. The van der Waals surface area contributed by atoms with Gasteiger partial charge in [0.25, 0.3) is 0 Å². The van der Waals surface area contributed by atoms with E-state index in [9.17, 15) is 4.39 Å². The van der Waals surface area contributed by atoms with Gasteiger partial charge in [0.1, 0.15) is 5.82 Å². The maximum Gasteiger partial charge on any atom is 0.146 e. The molecule has 0 atom stereocenters. The maximum absolute atomic E-state index is 13.9. The van der Waals surface area contributed by atoms with Crippen molar-refractivity contribution >= 4 is 23.0 Å². The van der Waals surface area contributed by atoms with Crippen LogP contribution in [0.15, 0.2) is 42.5 Å². The average Bonchev–Trinajstić information content (AvgIpc) is 2.43. The summed E-state index contributed by atoms with van der Waals surface area (Å²) < 4.78 is 13.9. The number of para-hydroxylation sites is 1. The van der Waals surface area contributed by atoms with Crippen LogP contribution in [0.1, 0.15) is 12.5 Å². The molecule has 0 heterocycles. The molecule has 2 nitrogen and oxygen atoms in total. The van der Waals surface area contributed by atoms with E-state index in [0.717, 1.165) is 11.3 Å². The summed E-state index contributed by atoms with van der Waals surface area (Å²) in [6.45, 7) is 2.98. The van der Waals surface area contributed by atoms with Crippen molar-refractivity contribution < 1.29 is 4.39 Å². The minimum atomic E-state index is -0.248. The van der Waals surface area contributed by atoms with Crippen LogP contribution in [-0.2, 0) is 6.54 Å². The molecule has 2 rings (SSSR count). The van der Waals surface area contributed by atoms with Crippen LogP contribution in [-0.4, -0.2) is 6.54 Å². The zero-order valence-electron chi connectivity index (χ0n) is 10.7. The molecule has 0 amide bonds. The lowest BCUT2D eigenvalue weighted by molar-refractivity contribution is 0.625. The normalized spacial score (nSPS) is 10.5. The second-order valence-corrected chi connectivity index (χ2v) is 4.61. The fourth-order valence-electron chi connectivity index (χ4n) is 2.12. The topological polar surface area (TPSA) is 29.3 Å². The van der Waals surface area contributed by atoms with Crippen LogP contribution in [0.4, 0.5) is 15.8 Å². The molecule has 19 heavy (non-hydrogen) atoms. The van der Waals surface area contributed by atoms with Crippen LogP contribution >= 0.6 is 11.6 Å². The van der Waals surface area contributed by atoms with Crippen molar-refractivity contribution in [1.29, 1.82) is 0 Å². The Balaban J connectivity index is 2.51. The van der Waals surface area contributed by atoms with E-state index in [1.54, 1.807) is 18.2 Å². The largest absolute Gasteiger partial charge is 0.339 e. The quantitative estimate of drug-likeness (QED) is 0.912. The fourth-order valence-corrected chi connectivity index (χ4v) is 2.32. The second-order valence-electron chi connectivity index (χ2n) is 4.17. The summed E-state index contributed by atoms with van der Waals surface area (Å²) in [5, 5.41) is 0.633. The Kier molecular flexibility index (Phi) is 4.40. The molecule has 0 saturated carbocycles. The highest BCUT2D eigenvalue weighted by Crippen LogP contribution is 2.31. The molecule has 0 saturated heterocycles. The first-order chi connectivity index (χ1) is 9.17. The molecule has 0 aliphatic carbocycles. The number of nitrogens with zero attached hydrogens (tertiary/aromatic N) is 1. The van der Waals surface area contributed by atoms with Gasteiger partial charge < -0.3 is 10.6 Å². The minimum Gasteiger partial charge on any atom is -0.339 e. The predicted octanol–water partition coefficient (Wildman–Crippen LogP) is 4.10. The molecule has 4 heteroatoms. The Bertz CT molecular complexity index is 572. The van der Waals surface area contributed by atoms with Crippen molar-refractivity contribution in [3.63, 3.8) is 0 Å². The van der Waals surface area contributed by atoms with E-state index in [4.69, 9.17) is 17.3 Å². The van der Waals surface area contributed by atoms with Gasteiger partial charge in [-0.25, -0.2) is 4.39 Å².